The van der Waals surface area contributed by atoms with E-state index in [2.05, 4.69) is 5.32 Å². The predicted octanol–water partition coefficient (Wildman–Crippen LogP) is 1.59. The summed E-state index contributed by atoms with van der Waals surface area (Å²) < 4.78 is 4.75. The van der Waals surface area contributed by atoms with Gasteiger partial charge in [-0.1, -0.05) is 6.92 Å². The SMILES string of the molecule is CCOC(=O)CCC(=O)NC(CC)CSC. The van der Waals surface area contributed by atoms with Crippen LogP contribution in [0.15, 0.2) is 0 Å². The van der Waals surface area contributed by atoms with Crippen molar-refractivity contribution in [1.29, 1.82) is 0 Å². The molecule has 1 N–H and O–H groups in total. The van der Waals surface area contributed by atoms with Crippen molar-refractivity contribution in [2.24, 2.45) is 0 Å². The molecule has 0 aromatic carbocycles. The average molecular weight is 247 g/mol. The third-order valence-corrected chi connectivity index (χ3v) is 2.82. The number of carbonyl (C=O) groups excluding carboxylic acids is 2. The standard InChI is InChI=1S/C11H21NO3S/c1-4-9(8-16-3)12-10(13)6-7-11(14)15-5-2/h9H,4-8H2,1-3H3,(H,12,13). The number of carbonyl (C=O) groups is 2. The first-order chi connectivity index (χ1) is 7.63. The van der Waals surface area contributed by atoms with Crippen molar-refractivity contribution in [3.8, 4) is 0 Å². The summed E-state index contributed by atoms with van der Waals surface area (Å²) in [5, 5.41) is 2.90. The first kappa shape index (κ1) is 15.3. The summed E-state index contributed by atoms with van der Waals surface area (Å²) in [5.74, 6) is 0.520. The van der Waals surface area contributed by atoms with E-state index in [0.29, 0.717) is 6.61 Å². The first-order valence-electron chi connectivity index (χ1n) is 5.57. The number of ether oxygens (including phenoxy) is 1. The number of hydrogen-bond donors (Lipinski definition) is 1. The van der Waals surface area contributed by atoms with Crippen LogP contribution < -0.4 is 5.32 Å². The van der Waals surface area contributed by atoms with E-state index in [9.17, 15) is 9.59 Å². The lowest BCUT2D eigenvalue weighted by atomic mass is 10.2. The maximum atomic E-state index is 11.5. The van der Waals surface area contributed by atoms with Gasteiger partial charge in [-0.25, -0.2) is 0 Å². The predicted molar refractivity (Wildman–Crippen MR) is 66.5 cm³/mol. The number of rotatable bonds is 8. The molecule has 94 valence electrons. The Morgan fingerprint density at radius 2 is 2.00 bits per heavy atom. The zero-order valence-corrected chi connectivity index (χ0v) is 11.1. The van der Waals surface area contributed by atoms with Crippen molar-refractivity contribution in [3.05, 3.63) is 0 Å². The summed E-state index contributed by atoms with van der Waals surface area (Å²) in [6.45, 7) is 4.15. The molecule has 0 aromatic heterocycles. The fourth-order valence-corrected chi connectivity index (χ4v) is 1.93. The number of amides is 1. The minimum absolute atomic E-state index is 0.0750. The van der Waals surface area contributed by atoms with Crippen molar-refractivity contribution in [1.82, 2.24) is 5.32 Å². The molecule has 0 saturated carbocycles. The molecule has 0 bridgehead atoms. The summed E-state index contributed by atoms with van der Waals surface area (Å²) in [6.07, 6.45) is 3.29. The molecular weight excluding hydrogens is 226 g/mol. The first-order valence-corrected chi connectivity index (χ1v) is 6.97. The fraction of sp³-hybridized carbons (Fsp3) is 0.818. The van der Waals surface area contributed by atoms with Crippen LogP contribution in [0.3, 0.4) is 0 Å². The zero-order chi connectivity index (χ0) is 12.4. The number of thioether (sulfide) groups is 1. The third-order valence-electron chi connectivity index (χ3n) is 2.09. The van der Waals surface area contributed by atoms with Crippen molar-refractivity contribution < 1.29 is 14.3 Å². The molecule has 0 rings (SSSR count). The Morgan fingerprint density at radius 3 is 2.50 bits per heavy atom. The van der Waals surface area contributed by atoms with E-state index in [4.69, 9.17) is 4.74 Å². The van der Waals surface area contributed by atoms with Crippen LogP contribution in [0.5, 0.6) is 0 Å². The molecule has 4 nitrogen and oxygen atoms in total. The minimum Gasteiger partial charge on any atom is -0.466 e. The van der Waals surface area contributed by atoms with E-state index in [1.165, 1.54) is 0 Å². The van der Waals surface area contributed by atoms with Crippen LogP contribution in [-0.4, -0.2) is 36.5 Å². The van der Waals surface area contributed by atoms with Gasteiger partial charge < -0.3 is 10.1 Å². The van der Waals surface area contributed by atoms with Crippen LogP contribution >= 0.6 is 11.8 Å². The third kappa shape index (κ3) is 7.56. The monoisotopic (exact) mass is 247 g/mol. The molecule has 0 aliphatic rings. The highest BCUT2D eigenvalue weighted by Crippen LogP contribution is 2.02. The van der Waals surface area contributed by atoms with Crippen molar-refractivity contribution >= 4 is 23.6 Å². The quantitative estimate of drug-likeness (QED) is 0.662. The molecule has 16 heavy (non-hydrogen) atoms. The van der Waals surface area contributed by atoms with Crippen LogP contribution in [0.25, 0.3) is 0 Å². The lowest BCUT2D eigenvalue weighted by Crippen LogP contribution is -2.36. The topological polar surface area (TPSA) is 55.4 Å². The van der Waals surface area contributed by atoms with Gasteiger partial charge in [0.1, 0.15) is 0 Å². The van der Waals surface area contributed by atoms with Crippen molar-refractivity contribution in [3.63, 3.8) is 0 Å². The Morgan fingerprint density at radius 1 is 1.31 bits per heavy atom. The lowest BCUT2D eigenvalue weighted by Gasteiger charge is -2.15. The molecule has 0 spiro atoms. The summed E-state index contributed by atoms with van der Waals surface area (Å²) in [7, 11) is 0. The fourth-order valence-electron chi connectivity index (χ4n) is 1.21. The van der Waals surface area contributed by atoms with E-state index < -0.39 is 0 Å². The van der Waals surface area contributed by atoms with Gasteiger partial charge in [0.2, 0.25) is 5.91 Å². The Hall–Kier alpha value is -0.710. The molecule has 0 aromatic rings. The van der Waals surface area contributed by atoms with Crippen LogP contribution in [0.4, 0.5) is 0 Å². The highest BCUT2D eigenvalue weighted by atomic mass is 32.2. The van der Waals surface area contributed by atoms with Gasteiger partial charge in [0.05, 0.1) is 13.0 Å². The van der Waals surface area contributed by atoms with Crippen LogP contribution in [0, 0.1) is 0 Å². The summed E-state index contributed by atoms with van der Waals surface area (Å²) >= 11 is 1.70. The van der Waals surface area contributed by atoms with Gasteiger partial charge in [-0.15, -0.1) is 0 Å². The maximum absolute atomic E-state index is 11.5. The Bertz CT molecular complexity index is 221. The second-order valence-electron chi connectivity index (χ2n) is 3.43. The van der Waals surface area contributed by atoms with Gasteiger partial charge in [-0.2, -0.15) is 11.8 Å². The van der Waals surface area contributed by atoms with Gasteiger partial charge in [-0.05, 0) is 19.6 Å². The second kappa shape index (κ2) is 9.51. The van der Waals surface area contributed by atoms with Crippen LogP contribution in [0.1, 0.15) is 33.1 Å². The molecule has 5 heteroatoms. The van der Waals surface area contributed by atoms with E-state index in [1.807, 2.05) is 13.2 Å². The largest absolute Gasteiger partial charge is 0.466 e. The smallest absolute Gasteiger partial charge is 0.306 e. The van der Waals surface area contributed by atoms with Crippen LogP contribution in [0.2, 0.25) is 0 Å². The number of hydrogen-bond acceptors (Lipinski definition) is 4. The zero-order valence-electron chi connectivity index (χ0n) is 10.2. The molecule has 0 aliphatic carbocycles. The van der Waals surface area contributed by atoms with E-state index in [0.717, 1.165) is 12.2 Å². The molecule has 1 amide bonds. The van der Waals surface area contributed by atoms with Gasteiger partial charge in [0, 0.05) is 18.2 Å². The van der Waals surface area contributed by atoms with Crippen LogP contribution in [-0.2, 0) is 14.3 Å². The van der Waals surface area contributed by atoms with E-state index >= 15 is 0 Å². The molecule has 1 atom stereocenters. The Kier molecular flexibility index (Phi) is 9.09. The van der Waals surface area contributed by atoms with Gasteiger partial charge >= 0.3 is 5.97 Å². The Labute approximate surface area is 101 Å². The van der Waals surface area contributed by atoms with E-state index in [-0.39, 0.29) is 30.8 Å². The second-order valence-corrected chi connectivity index (χ2v) is 4.34. The average Bonchev–Trinajstić information content (AvgIpc) is 2.26. The molecular formula is C11H21NO3S. The summed E-state index contributed by atoms with van der Waals surface area (Å²) in [6, 6.07) is 0.199. The molecule has 0 heterocycles. The molecule has 0 saturated heterocycles. The van der Waals surface area contributed by atoms with Gasteiger partial charge in [-0.3, -0.25) is 9.59 Å². The van der Waals surface area contributed by atoms with Gasteiger partial charge in [0.15, 0.2) is 0 Å². The summed E-state index contributed by atoms with van der Waals surface area (Å²) in [5.41, 5.74) is 0. The molecule has 0 fully saturated rings. The molecule has 0 aliphatic heterocycles. The highest BCUT2D eigenvalue weighted by molar-refractivity contribution is 7.98. The molecule has 0 radical (unpaired) electrons. The van der Waals surface area contributed by atoms with E-state index in [1.54, 1.807) is 18.7 Å². The number of nitrogens with one attached hydrogen (secondary N) is 1. The lowest BCUT2D eigenvalue weighted by molar-refractivity contribution is -0.144. The minimum atomic E-state index is -0.310. The number of esters is 1. The Balaban J connectivity index is 3.75. The van der Waals surface area contributed by atoms with Gasteiger partial charge in [0.25, 0.3) is 0 Å². The summed E-state index contributed by atoms with van der Waals surface area (Å²) in [4.78, 5) is 22.5. The normalized spacial score (nSPS) is 11.9. The maximum Gasteiger partial charge on any atom is 0.306 e. The highest BCUT2D eigenvalue weighted by Gasteiger charge is 2.11. The van der Waals surface area contributed by atoms with Crippen molar-refractivity contribution in [2.45, 2.75) is 39.2 Å². The molecule has 1 unspecified atom stereocenters. The van der Waals surface area contributed by atoms with Crippen molar-refractivity contribution in [2.75, 3.05) is 18.6 Å².